The van der Waals surface area contributed by atoms with Crippen LogP contribution in [0.3, 0.4) is 0 Å². The van der Waals surface area contributed by atoms with Gasteiger partial charge in [0.15, 0.2) is 0 Å². The van der Waals surface area contributed by atoms with Crippen LogP contribution in [0.25, 0.3) is 5.57 Å². The normalized spacial score (nSPS) is 9.79. The van der Waals surface area contributed by atoms with Crippen LogP contribution in [-0.2, 0) is 4.79 Å². The molecule has 0 atom stereocenters. The number of H-pyrrole nitrogens is 2. The van der Waals surface area contributed by atoms with E-state index in [1.165, 1.54) is 6.92 Å². The molecule has 6 heteroatoms. The third-order valence-electron chi connectivity index (χ3n) is 1.73. The second-order valence-corrected chi connectivity index (χ2v) is 2.75. The molecule has 74 valence electrons. The zero-order valence-electron chi connectivity index (χ0n) is 7.51. The van der Waals surface area contributed by atoms with Gasteiger partial charge in [0.05, 0.1) is 5.56 Å². The Morgan fingerprint density at radius 2 is 1.93 bits per heavy atom. The zero-order chi connectivity index (χ0) is 10.9. The van der Waals surface area contributed by atoms with Crippen molar-refractivity contribution in [2.45, 2.75) is 6.92 Å². The minimum absolute atomic E-state index is 0.0112. The van der Waals surface area contributed by atoms with Crippen LogP contribution < -0.4 is 17.0 Å². The summed E-state index contributed by atoms with van der Waals surface area (Å²) in [5.41, 5.74) is 3.81. The van der Waals surface area contributed by atoms with E-state index in [9.17, 15) is 14.4 Å². The highest BCUT2D eigenvalue weighted by molar-refractivity contribution is 6.18. The molecule has 0 saturated heterocycles. The van der Waals surface area contributed by atoms with Gasteiger partial charge in [0, 0.05) is 11.3 Å². The molecular formula is C8H9N3O3. The molecule has 0 unspecified atom stereocenters. The minimum Gasteiger partial charge on any atom is -0.366 e. The van der Waals surface area contributed by atoms with E-state index in [1.54, 1.807) is 0 Å². The average molecular weight is 195 g/mol. The number of rotatable bonds is 2. The minimum atomic E-state index is -0.800. The van der Waals surface area contributed by atoms with Gasteiger partial charge in [-0.2, -0.15) is 0 Å². The number of hydrogen-bond donors (Lipinski definition) is 3. The molecule has 0 aliphatic rings. The topological polar surface area (TPSA) is 109 Å². The average Bonchev–Trinajstić information content (AvgIpc) is 2.01. The zero-order valence-corrected chi connectivity index (χ0v) is 7.51. The molecule has 1 rings (SSSR count). The SMILES string of the molecule is C=C(C(N)=O)c1c(C)[nH]c(=O)[nH]c1=O. The van der Waals surface area contributed by atoms with Crippen LogP contribution in [0.15, 0.2) is 16.2 Å². The predicted molar refractivity (Wildman–Crippen MR) is 50.6 cm³/mol. The first kappa shape index (κ1) is 9.97. The molecule has 0 aromatic carbocycles. The third-order valence-corrected chi connectivity index (χ3v) is 1.73. The van der Waals surface area contributed by atoms with Gasteiger partial charge >= 0.3 is 5.69 Å². The van der Waals surface area contributed by atoms with Gasteiger partial charge in [0.2, 0.25) is 5.91 Å². The summed E-state index contributed by atoms with van der Waals surface area (Å²) >= 11 is 0. The van der Waals surface area contributed by atoms with Crippen LogP contribution in [0.1, 0.15) is 11.3 Å². The smallest absolute Gasteiger partial charge is 0.325 e. The number of aryl methyl sites for hydroxylation is 1. The van der Waals surface area contributed by atoms with Crippen molar-refractivity contribution < 1.29 is 4.79 Å². The lowest BCUT2D eigenvalue weighted by molar-refractivity contribution is -0.112. The fourth-order valence-electron chi connectivity index (χ4n) is 1.09. The van der Waals surface area contributed by atoms with Crippen molar-refractivity contribution in [2.75, 3.05) is 0 Å². The monoisotopic (exact) mass is 195 g/mol. The first-order chi connectivity index (χ1) is 6.43. The van der Waals surface area contributed by atoms with Crippen molar-refractivity contribution in [1.29, 1.82) is 0 Å². The fraction of sp³-hybridized carbons (Fsp3) is 0.125. The summed E-state index contributed by atoms with van der Waals surface area (Å²) in [7, 11) is 0. The summed E-state index contributed by atoms with van der Waals surface area (Å²) in [5, 5.41) is 0. The largest absolute Gasteiger partial charge is 0.366 e. The lowest BCUT2D eigenvalue weighted by Gasteiger charge is -2.02. The second-order valence-electron chi connectivity index (χ2n) is 2.75. The maximum Gasteiger partial charge on any atom is 0.325 e. The van der Waals surface area contributed by atoms with Crippen molar-refractivity contribution in [3.05, 3.63) is 38.7 Å². The van der Waals surface area contributed by atoms with Crippen molar-refractivity contribution >= 4 is 11.5 Å². The Bertz CT molecular complexity index is 509. The van der Waals surface area contributed by atoms with Gasteiger partial charge in [-0.1, -0.05) is 6.58 Å². The Morgan fingerprint density at radius 3 is 2.36 bits per heavy atom. The summed E-state index contributed by atoms with van der Waals surface area (Å²) in [5.74, 6) is -0.800. The van der Waals surface area contributed by atoms with E-state index in [2.05, 4.69) is 11.6 Å². The summed E-state index contributed by atoms with van der Waals surface area (Å²) in [6.07, 6.45) is 0. The van der Waals surface area contributed by atoms with Gasteiger partial charge in [-0.25, -0.2) is 4.79 Å². The van der Waals surface area contributed by atoms with E-state index in [-0.39, 0.29) is 16.8 Å². The summed E-state index contributed by atoms with van der Waals surface area (Å²) in [6.45, 7) is 4.85. The summed E-state index contributed by atoms with van der Waals surface area (Å²) in [4.78, 5) is 37.1. The molecule has 1 aromatic rings. The quantitative estimate of drug-likeness (QED) is 0.519. The number of carbonyl (C=O) groups is 1. The number of aromatic nitrogens is 2. The highest BCUT2D eigenvalue weighted by Crippen LogP contribution is 2.07. The Hall–Kier alpha value is -2.11. The highest BCUT2D eigenvalue weighted by Gasteiger charge is 2.13. The predicted octanol–water partition coefficient (Wildman–Crippen LogP) is -1.13. The summed E-state index contributed by atoms with van der Waals surface area (Å²) < 4.78 is 0. The van der Waals surface area contributed by atoms with Gasteiger partial charge in [0.1, 0.15) is 0 Å². The number of amides is 1. The standard InChI is InChI=1S/C8H9N3O3/c1-3(6(9)12)5-4(2)10-8(14)11-7(5)13/h1H2,2H3,(H2,9,12)(H2,10,11,13,14). The van der Waals surface area contributed by atoms with Crippen molar-refractivity contribution in [3.8, 4) is 0 Å². The molecular weight excluding hydrogens is 186 g/mol. The van der Waals surface area contributed by atoms with Gasteiger partial charge in [0.25, 0.3) is 5.56 Å². The Balaban J connectivity index is 3.51. The van der Waals surface area contributed by atoms with Crippen LogP contribution in [0.4, 0.5) is 0 Å². The number of primary amides is 1. The van der Waals surface area contributed by atoms with E-state index in [4.69, 9.17) is 5.73 Å². The van der Waals surface area contributed by atoms with E-state index >= 15 is 0 Å². The molecule has 4 N–H and O–H groups in total. The van der Waals surface area contributed by atoms with E-state index in [0.29, 0.717) is 0 Å². The lowest BCUT2D eigenvalue weighted by atomic mass is 10.1. The Morgan fingerprint density at radius 1 is 1.36 bits per heavy atom. The van der Waals surface area contributed by atoms with Crippen LogP contribution in [0.2, 0.25) is 0 Å². The van der Waals surface area contributed by atoms with Crippen molar-refractivity contribution in [1.82, 2.24) is 9.97 Å². The van der Waals surface area contributed by atoms with E-state index in [0.717, 1.165) is 0 Å². The number of aromatic amines is 2. The van der Waals surface area contributed by atoms with E-state index in [1.807, 2.05) is 4.98 Å². The molecule has 0 aliphatic carbocycles. The first-order valence-electron chi connectivity index (χ1n) is 3.75. The maximum atomic E-state index is 11.3. The van der Waals surface area contributed by atoms with Crippen LogP contribution in [0.5, 0.6) is 0 Å². The molecule has 1 aromatic heterocycles. The molecule has 0 bridgehead atoms. The van der Waals surface area contributed by atoms with Gasteiger partial charge in [-0.15, -0.1) is 0 Å². The summed E-state index contributed by atoms with van der Waals surface area (Å²) in [6, 6.07) is 0. The van der Waals surface area contributed by atoms with Gasteiger partial charge in [-0.05, 0) is 6.92 Å². The van der Waals surface area contributed by atoms with E-state index < -0.39 is 17.2 Å². The molecule has 0 saturated carbocycles. The molecule has 1 amide bonds. The number of nitrogens with two attached hydrogens (primary N) is 1. The van der Waals surface area contributed by atoms with Gasteiger partial charge in [-0.3, -0.25) is 14.6 Å². The van der Waals surface area contributed by atoms with Crippen LogP contribution >= 0.6 is 0 Å². The maximum absolute atomic E-state index is 11.3. The highest BCUT2D eigenvalue weighted by atomic mass is 16.2. The van der Waals surface area contributed by atoms with Gasteiger partial charge < -0.3 is 10.7 Å². The molecule has 0 spiro atoms. The lowest BCUT2D eigenvalue weighted by Crippen LogP contribution is -2.29. The molecule has 0 fully saturated rings. The second kappa shape index (κ2) is 3.33. The molecule has 0 aliphatic heterocycles. The fourth-order valence-corrected chi connectivity index (χ4v) is 1.09. The Labute approximate surface area is 78.5 Å². The molecule has 0 radical (unpaired) electrons. The first-order valence-corrected chi connectivity index (χ1v) is 3.75. The Kier molecular flexibility index (Phi) is 2.37. The number of hydrogen-bond acceptors (Lipinski definition) is 3. The van der Waals surface area contributed by atoms with Crippen LogP contribution in [0, 0.1) is 6.92 Å². The molecule has 1 heterocycles. The third kappa shape index (κ3) is 1.63. The number of nitrogens with one attached hydrogen (secondary N) is 2. The van der Waals surface area contributed by atoms with Crippen molar-refractivity contribution in [2.24, 2.45) is 5.73 Å². The molecule has 6 nitrogen and oxygen atoms in total. The van der Waals surface area contributed by atoms with Crippen LogP contribution in [-0.4, -0.2) is 15.9 Å². The van der Waals surface area contributed by atoms with Crippen molar-refractivity contribution in [3.63, 3.8) is 0 Å². The number of carbonyl (C=O) groups excluding carboxylic acids is 1. The molecule has 14 heavy (non-hydrogen) atoms.